The smallest absolute Gasteiger partial charge is 0.243 e. The number of carbonyl (C=O) groups is 1. The summed E-state index contributed by atoms with van der Waals surface area (Å²) in [6.45, 7) is 4.14. The molecule has 3 fully saturated rings. The predicted octanol–water partition coefficient (Wildman–Crippen LogP) is 1.28. The van der Waals surface area contributed by atoms with Gasteiger partial charge in [0, 0.05) is 32.1 Å². The first kappa shape index (κ1) is 19.6. The van der Waals surface area contributed by atoms with Crippen LogP contribution in [0.3, 0.4) is 0 Å². The number of nitrogens with one attached hydrogen (secondary N) is 1. The van der Waals surface area contributed by atoms with Gasteiger partial charge in [-0.1, -0.05) is 6.42 Å². The number of hydrogen-bond acceptors (Lipinski definition) is 6. The average molecular weight is 410 g/mol. The van der Waals surface area contributed by atoms with E-state index in [0.29, 0.717) is 58.3 Å². The lowest BCUT2D eigenvalue weighted by Gasteiger charge is -2.32. The molecule has 2 saturated heterocycles. The molecule has 0 atom stereocenters. The van der Waals surface area contributed by atoms with Gasteiger partial charge in [0.2, 0.25) is 15.9 Å². The van der Waals surface area contributed by atoms with Crippen LogP contribution in [0.4, 0.5) is 11.4 Å². The molecule has 1 amide bonds. The molecule has 9 heteroatoms. The zero-order chi connectivity index (χ0) is 19.6. The molecule has 0 aromatic heterocycles. The number of carbonyl (C=O) groups excluding carboxylic acids is 1. The largest absolute Gasteiger partial charge is 0.379 e. The normalized spacial score (nSPS) is 21.9. The molecule has 2 heterocycles. The molecular weight excluding hydrogens is 382 g/mol. The third-order valence-electron chi connectivity index (χ3n) is 5.66. The Labute approximate surface area is 165 Å². The molecule has 4 rings (SSSR count). The summed E-state index contributed by atoms with van der Waals surface area (Å²) >= 11 is 0. The third-order valence-corrected chi connectivity index (χ3v) is 7.56. The lowest BCUT2D eigenvalue weighted by molar-refractivity contribution is -0.122. The Kier molecular flexibility index (Phi) is 5.86. The predicted molar refractivity (Wildman–Crippen MR) is 105 cm³/mol. The van der Waals surface area contributed by atoms with E-state index in [0.717, 1.165) is 24.9 Å². The third kappa shape index (κ3) is 4.03. The van der Waals surface area contributed by atoms with Crippen molar-refractivity contribution in [3.8, 4) is 0 Å². The first-order valence-electron chi connectivity index (χ1n) is 9.91. The van der Waals surface area contributed by atoms with E-state index in [1.165, 1.54) is 4.31 Å². The molecular formula is C19H27N3O5S. The average Bonchev–Trinajstić information content (AvgIpc) is 2.68. The van der Waals surface area contributed by atoms with Crippen LogP contribution in [0.25, 0.3) is 0 Å². The van der Waals surface area contributed by atoms with Crippen LogP contribution in [0, 0.1) is 5.92 Å². The van der Waals surface area contributed by atoms with Gasteiger partial charge in [-0.3, -0.25) is 4.79 Å². The zero-order valence-electron chi connectivity index (χ0n) is 15.9. The van der Waals surface area contributed by atoms with Crippen molar-refractivity contribution in [2.75, 3.05) is 62.8 Å². The number of hydrogen-bond donors (Lipinski definition) is 1. The highest BCUT2D eigenvalue weighted by atomic mass is 32.2. The number of anilines is 2. The number of morpholine rings is 2. The Morgan fingerprint density at radius 2 is 1.64 bits per heavy atom. The minimum Gasteiger partial charge on any atom is -0.379 e. The van der Waals surface area contributed by atoms with E-state index in [1.54, 1.807) is 18.2 Å². The maximum absolute atomic E-state index is 13.0. The van der Waals surface area contributed by atoms with Gasteiger partial charge in [-0.25, -0.2) is 8.42 Å². The van der Waals surface area contributed by atoms with E-state index in [-0.39, 0.29) is 16.7 Å². The van der Waals surface area contributed by atoms with Crippen LogP contribution in [0.5, 0.6) is 0 Å². The Bertz CT molecular complexity index is 813. The fourth-order valence-corrected chi connectivity index (χ4v) is 5.13. The molecule has 1 N–H and O–H groups in total. The lowest BCUT2D eigenvalue weighted by atomic mass is 9.85. The highest BCUT2D eigenvalue weighted by Gasteiger charge is 2.30. The maximum atomic E-state index is 13.0. The molecule has 0 unspecified atom stereocenters. The molecule has 1 aromatic rings. The minimum absolute atomic E-state index is 0.0250. The van der Waals surface area contributed by atoms with Crippen LogP contribution in [0.2, 0.25) is 0 Å². The van der Waals surface area contributed by atoms with Crippen molar-refractivity contribution in [2.45, 2.75) is 24.2 Å². The molecule has 2 aliphatic heterocycles. The monoisotopic (exact) mass is 409 g/mol. The van der Waals surface area contributed by atoms with Crippen molar-refractivity contribution >= 4 is 27.3 Å². The van der Waals surface area contributed by atoms with Gasteiger partial charge in [-0.2, -0.15) is 4.31 Å². The summed E-state index contributed by atoms with van der Waals surface area (Å²) in [6, 6.07) is 5.04. The van der Waals surface area contributed by atoms with Gasteiger partial charge in [0.15, 0.2) is 0 Å². The van der Waals surface area contributed by atoms with E-state index < -0.39 is 10.0 Å². The first-order chi connectivity index (χ1) is 13.6. The lowest BCUT2D eigenvalue weighted by Crippen LogP contribution is -2.40. The van der Waals surface area contributed by atoms with E-state index in [4.69, 9.17) is 9.47 Å². The van der Waals surface area contributed by atoms with Gasteiger partial charge in [0.05, 0.1) is 42.7 Å². The summed E-state index contributed by atoms with van der Waals surface area (Å²) in [6.07, 6.45) is 2.86. The van der Waals surface area contributed by atoms with Gasteiger partial charge < -0.3 is 19.7 Å². The molecule has 1 aromatic carbocycles. The van der Waals surface area contributed by atoms with Crippen molar-refractivity contribution in [3.05, 3.63) is 18.2 Å². The summed E-state index contributed by atoms with van der Waals surface area (Å²) < 4.78 is 38.2. The zero-order valence-corrected chi connectivity index (χ0v) is 16.7. The topological polar surface area (TPSA) is 88.2 Å². The minimum atomic E-state index is -3.62. The summed E-state index contributed by atoms with van der Waals surface area (Å²) in [7, 11) is -3.62. The second-order valence-corrected chi connectivity index (χ2v) is 9.35. The number of rotatable bonds is 5. The number of sulfonamides is 1. The highest BCUT2D eigenvalue weighted by molar-refractivity contribution is 7.89. The summed E-state index contributed by atoms with van der Waals surface area (Å²) in [5.41, 5.74) is 1.41. The van der Waals surface area contributed by atoms with Crippen molar-refractivity contribution in [3.63, 3.8) is 0 Å². The first-order valence-corrected chi connectivity index (χ1v) is 11.4. The highest BCUT2D eigenvalue weighted by Crippen LogP contribution is 2.33. The van der Waals surface area contributed by atoms with Crippen LogP contribution in [0.1, 0.15) is 19.3 Å². The van der Waals surface area contributed by atoms with Gasteiger partial charge in [-0.05, 0) is 31.0 Å². The molecule has 0 radical (unpaired) electrons. The van der Waals surface area contributed by atoms with E-state index >= 15 is 0 Å². The second-order valence-electron chi connectivity index (χ2n) is 7.41. The SMILES string of the molecule is O=C(Nc1cc(S(=O)(=O)N2CCOCC2)ccc1N1CCOCC1)C1CCC1. The van der Waals surface area contributed by atoms with Crippen molar-refractivity contribution in [1.82, 2.24) is 4.31 Å². The maximum Gasteiger partial charge on any atom is 0.243 e. The van der Waals surface area contributed by atoms with Crippen molar-refractivity contribution in [2.24, 2.45) is 5.92 Å². The van der Waals surface area contributed by atoms with Crippen molar-refractivity contribution in [1.29, 1.82) is 0 Å². The summed E-state index contributed by atoms with van der Waals surface area (Å²) in [4.78, 5) is 14.9. The molecule has 8 nitrogen and oxygen atoms in total. The Morgan fingerprint density at radius 3 is 2.25 bits per heavy atom. The summed E-state index contributed by atoms with van der Waals surface area (Å²) in [5, 5.41) is 3.00. The van der Waals surface area contributed by atoms with Crippen molar-refractivity contribution < 1.29 is 22.7 Å². The van der Waals surface area contributed by atoms with Gasteiger partial charge >= 0.3 is 0 Å². The molecule has 0 spiro atoms. The van der Waals surface area contributed by atoms with E-state index in [9.17, 15) is 13.2 Å². The van der Waals surface area contributed by atoms with Crippen LogP contribution < -0.4 is 10.2 Å². The molecule has 3 aliphatic rings. The quantitative estimate of drug-likeness (QED) is 0.788. The van der Waals surface area contributed by atoms with Gasteiger partial charge in [0.1, 0.15) is 0 Å². The Hall–Kier alpha value is -1.68. The Balaban J connectivity index is 1.64. The fraction of sp³-hybridized carbons (Fsp3) is 0.632. The van der Waals surface area contributed by atoms with Crippen LogP contribution in [-0.2, 0) is 24.3 Å². The Morgan fingerprint density at radius 1 is 1.00 bits per heavy atom. The van der Waals surface area contributed by atoms with Crippen LogP contribution >= 0.6 is 0 Å². The molecule has 154 valence electrons. The van der Waals surface area contributed by atoms with Gasteiger partial charge in [-0.15, -0.1) is 0 Å². The number of amides is 1. The van der Waals surface area contributed by atoms with E-state index in [1.807, 2.05) is 0 Å². The molecule has 1 aliphatic carbocycles. The van der Waals surface area contributed by atoms with E-state index in [2.05, 4.69) is 10.2 Å². The number of benzene rings is 1. The fourth-order valence-electron chi connectivity index (χ4n) is 3.70. The van der Waals surface area contributed by atoms with Crippen LogP contribution in [-0.4, -0.2) is 71.2 Å². The number of nitrogens with zero attached hydrogens (tertiary/aromatic N) is 2. The summed E-state index contributed by atoms with van der Waals surface area (Å²) in [5.74, 6) is -0.00118. The molecule has 1 saturated carbocycles. The standard InChI is InChI=1S/C19H27N3O5S/c23-19(15-2-1-3-15)20-17-14-16(28(24,25)22-8-12-27-13-9-22)4-5-18(17)21-6-10-26-11-7-21/h4-5,14-15H,1-3,6-13H2,(H,20,23). The molecule has 28 heavy (non-hydrogen) atoms. The number of ether oxygens (including phenoxy) is 2. The van der Waals surface area contributed by atoms with Gasteiger partial charge in [0.25, 0.3) is 0 Å². The van der Waals surface area contributed by atoms with Crippen LogP contribution in [0.15, 0.2) is 23.1 Å². The molecule has 0 bridgehead atoms. The second kappa shape index (κ2) is 8.36.